The fourth-order valence-corrected chi connectivity index (χ4v) is 2.34. The number of hydrogen-bond donors (Lipinski definition) is 1. The van der Waals surface area contributed by atoms with Crippen molar-refractivity contribution < 1.29 is 9.90 Å². The molecule has 1 fully saturated rings. The Kier molecular flexibility index (Phi) is 5.81. The molecule has 2 atom stereocenters. The second kappa shape index (κ2) is 6.89. The molecule has 0 radical (unpaired) electrons. The number of aliphatic carboxylic acids is 1. The third kappa shape index (κ3) is 4.97. The Labute approximate surface area is 98.8 Å². The van der Waals surface area contributed by atoms with Crippen LogP contribution in [-0.2, 0) is 4.79 Å². The highest BCUT2D eigenvalue weighted by Crippen LogP contribution is 2.22. The summed E-state index contributed by atoms with van der Waals surface area (Å²) in [6.45, 7) is 8.28. The van der Waals surface area contributed by atoms with E-state index in [9.17, 15) is 4.79 Å². The molecule has 1 N–H and O–H groups in total. The van der Waals surface area contributed by atoms with Gasteiger partial charge in [-0.25, -0.2) is 0 Å². The zero-order chi connectivity index (χ0) is 12.0. The number of nitrogens with zero attached hydrogens (tertiary/aromatic N) is 1. The Morgan fingerprint density at radius 3 is 2.62 bits per heavy atom. The first-order valence-corrected chi connectivity index (χ1v) is 6.53. The number of carbonyl (C=O) groups is 1. The maximum absolute atomic E-state index is 10.3. The van der Waals surface area contributed by atoms with Crippen LogP contribution >= 0.6 is 0 Å². The first kappa shape index (κ1) is 13.5. The van der Waals surface area contributed by atoms with E-state index >= 15 is 0 Å². The van der Waals surface area contributed by atoms with Crippen LogP contribution in [0.1, 0.15) is 46.0 Å². The Morgan fingerprint density at radius 1 is 1.25 bits per heavy atom. The quantitative estimate of drug-likeness (QED) is 0.709. The molecule has 1 aliphatic rings. The molecule has 16 heavy (non-hydrogen) atoms. The van der Waals surface area contributed by atoms with Crippen LogP contribution in [0.2, 0.25) is 0 Å². The summed E-state index contributed by atoms with van der Waals surface area (Å²) in [5, 5.41) is 8.51. The zero-order valence-corrected chi connectivity index (χ0v) is 10.6. The monoisotopic (exact) mass is 227 g/mol. The molecule has 0 aromatic rings. The highest BCUT2D eigenvalue weighted by Gasteiger charge is 2.21. The number of rotatable bonds is 6. The third-order valence-corrected chi connectivity index (χ3v) is 3.78. The average molecular weight is 227 g/mol. The van der Waals surface area contributed by atoms with Crippen molar-refractivity contribution in [1.82, 2.24) is 4.90 Å². The van der Waals surface area contributed by atoms with Crippen LogP contribution < -0.4 is 0 Å². The van der Waals surface area contributed by atoms with Gasteiger partial charge in [0.1, 0.15) is 0 Å². The second-order valence-electron chi connectivity index (χ2n) is 5.25. The van der Waals surface area contributed by atoms with Gasteiger partial charge < -0.3 is 10.0 Å². The van der Waals surface area contributed by atoms with Gasteiger partial charge in [-0.05, 0) is 44.2 Å². The van der Waals surface area contributed by atoms with Gasteiger partial charge in [0.2, 0.25) is 0 Å². The second-order valence-corrected chi connectivity index (χ2v) is 5.25. The van der Waals surface area contributed by atoms with E-state index in [0.29, 0.717) is 6.42 Å². The molecule has 1 aliphatic heterocycles. The number of piperidine rings is 1. The highest BCUT2D eigenvalue weighted by molar-refractivity contribution is 5.66. The smallest absolute Gasteiger partial charge is 0.303 e. The van der Waals surface area contributed by atoms with Gasteiger partial charge in [0.25, 0.3) is 0 Å². The van der Waals surface area contributed by atoms with E-state index in [1.807, 2.05) is 0 Å². The summed E-state index contributed by atoms with van der Waals surface area (Å²) in [5.41, 5.74) is 0. The molecule has 0 aromatic carbocycles. The topological polar surface area (TPSA) is 40.5 Å². The van der Waals surface area contributed by atoms with Crippen LogP contribution in [0.5, 0.6) is 0 Å². The predicted molar refractivity (Wildman–Crippen MR) is 65.5 cm³/mol. The lowest BCUT2D eigenvalue weighted by molar-refractivity contribution is -0.137. The van der Waals surface area contributed by atoms with Crippen LogP contribution in [0.3, 0.4) is 0 Å². The molecule has 1 saturated heterocycles. The summed E-state index contributed by atoms with van der Waals surface area (Å²) in [6.07, 6.45) is 4.67. The molecule has 94 valence electrons. The van der Waals surface area contributed by atoms with Crippen LogP contribution in [0.4, 0.5) is 0 Å². The molecular formula is C13H25NO2. The minimum absolute atomic E-state index is 0.327. The predicted octanol–water partition coefficient (Wildman–Crippen LogP) is 2.61. The summed E-state index contributed by atoms with van der Waals surface area (Å²) in [5.74, 6) is 1.01. The van der Waals surface area contributed by atoms with E-state index in [2.05, 4.69) is 18.7 Å². The van der Waals surface area contributed by atoms with Crippen LogP contribution in [0.15, 0.2) is 0 Å². The molecule has 2 unspecified atom stereocenters. The lowest BCUT2D eigenvalue weighted by Crippen LogP contribution is -2.38. The van der Waals surface area contributed by atoms with Gasteiger partial charge in [0, 0.05) is 13.0 Å². The lowest BCUT2D eigenvalue weighted by atomic mass is 9.88. The van der Waals surface area contributed by atoms with Gasteiger partial charge in [-0.1, -0.05) is 20.3 Å². The van der Waals surface area contributed by atoms with E-state index < -0.39 is 5.97 Å². The molecule has 3 heteroatoms. The van der Waals surface area contributed by atoms with Crippen molar-refractivity contribution in [2.45, 2.75) is 46.0 Å². The highest BCUT2D eigenvalue weighted by atomic mass is 16.4. The Hall–Kier alpha value is -0.570. The van der Waals surface area contributed by atoms with E-state index in [1.165, 1.54) is 19.5 Å². The van der Waals surface area contributed by atoms with Gasteiger partial charge in [-0.3, -0.25) is 4.79 Å². The zero-order valence-electron chi connectivity index (χ0n) is 10.6. The Bertz CT molecular complexity index is 218. The fourth-order valence-electron chi connectivity index (χ4n) is 2.34. The molecule has 0 saturated carbocycles. The van der Waals surface area contributed by atoms with Crippen molar-refractivity contribution in [2.24, 2.45) is 11.8 Å². The van der Waals surface area contributed by atoms with E-state index in [-0.39, 0.29) is 0 Å². The van der Waals surface area contributed by atoms with Crippen molar-refractivity contribution in [2.75, 3.05) is 19.6 Å². The molecule has 0 aromatic heterocycles. The first-order valence-electron chi connectivity index (χ1n) is 6.53. The molecule has 1 rings (SSSR count). The van der Waals surface area contributed by atoms with Crippen LogP contribution in [0, 0.1) is 11.8 Å². The summed E-state index contributed by atoms with van der Waals surface area (Å²) in [6, 6.07) is 0. The number of carboxylic acids is 1. The van der Waals surface area contributed by atoms with Crippen molar-refractivity contribution >= 4 is 5.97 Å². The molecule has 0 spiro atoms. The van der Waals surface area contributed by atoms with Gasteiger partial charge in [-0.2, -0.15) is 0 Å². The number of hydrogen-bond acceptors (Lipinski definition) is 2. The van der Waals surface area contributed by atoms with Gasteiger partial charge >= 0.3 is 5.97 Å². The van der Waals surface area contributed by atoms with Crippen molar-refractivity contribution in [3.05, 3.63) is 0 Å². The van der Waals surface area contributed by atoms with E-state index in [4.69, 9.17) is 5.11 Å². The molecule has 1 heterocycles. The molecule has 3 nitrogen and oxygen atoms in total. The Morgan fingerprint density at radius 2 is 2.00 bits per heavy atom. The summed E-state index contributed by atoms with van der Waals surface area (Å²) in [7, 11) is 0. The van der Waals surface area contributed by atoms with Crippen molar-refractivity contribution in [3.8, 4) is 0 Å². The summed E-state index contributed by atoms with van der Waals surface area (Å²) >= 11 is 0. The molecule has 0 aliphatic carbocycles. The maximum atomic E-state index is 10.3. The van der Waals surface area contributed by atoms with E-state index in [0.717, 1.165) is 37.6 Å². The molecular weight excluding hydrogens is 202 g/mol. The standard InChI is InChI=1S/C13H25NO2/c1-11-7-9-14(10-12(11)2)8-5-3-4-6-13(15)16/h11-12H,3-10H2,1-2H3,(H,15,16). The average Bonchev–Trinajstić information content (AvgIpc) is 2.22. The SMILES string of the molecule is CC1CCN(CCCCCC(=O)O)CC1C. The van der Waals surface area contributed by atoms with Gasteiger partial charge in [-0.15, -0.1) is 0 Å². The first-order chi connectivity index (χ1) is 7.59. The van der Waals surface area contributed by atoms with Crippen LogP contribution in [-0.4, -0.2) is 35.6 Å². The number of carboxylic acid groups (broad SMARTS) is 1. The van der Waals surface area contributed by atoms with Crippen molar-refractivity contribution in [3.63, 3.8) is 0 Å². The van der Waals surface area contributed by atoms with Crippen LogP contribution in [0.25, 0.3) is 0 Å². The summed E-state index contributed by atoms with van der Waals surface area (Å²) < 4.78 is 0. The van der Waals surface area contributed by atoms with E-state index in [1.54, 1.807) is 0 Å². The lowest BCUT2D eigenvalue weighted by Gasteiger charge is -2.35. The number of unbranched alkanes of at least 4 members (excludes halogenated alkanes) is 2. The summed E-state index contributed by atoms with van der Waals surface area (Å²) in [4.78, 5) is 12.9. The molecule has 0 bridgehead atoms. The normalized spacial score (nSPS) is 26.9. The van der Waals surface area contributed by atoms with Crippen molar-refractivity contribution in [1.29, 1.82) is 0 Å². The minimum atomic E-state index is -0.666. The fraction of sp³-hybridized carbons (Fsp3) is 0.923. The minimum Gasteiger partial charge on any atom is -0.481 e. The number of likely N-dealkylation sites (tertiary alicyclic amines) is 1. The Balaban J connectivity index is 2.03. The largest absolute Gasteiger partial charge is 0.481 e. The maximum Gasteiger partial charge on any atom is 0.303 e. The third-order valence-electron chi connectivity index (χ3n) is 3.78. The van der Waals surface area contributed by atoms with Gasteiger partial charge in [0.15, 0.2) is 0 Å². The molecule has 0 amide bonds. The van der Waals surface area contributed by atoms with Gasteiger partial charge in [0.05, 0.1) is 0 Å².